The van der Waals surface area contributed by atoms with Crippen molar-refractivity contribution in [1.29, 1.82) is 0 Å². The first kappa shape index (κ1) is 28.4. The standard InChI is InChI=1S/C34H31FN4O4S/c1-3-30(41)38-11-12-39-23(19-38)18-27(37-39)33-31(24-8-7-22(35)17-29(24)43-14-13-42-2)34-25(10-15-44-34)32(36-33)21-5-4-20-6-9-28(40)26(20)16-21/h3-5,7-8,10,15-18,28,40H,1,6,9,11-14,19H2,2H3. The molecule has 0 fully saturated rings. The van der Waals surface area contributed by atoms with Crippen molar-refractivity contribution in [1.82, 2.24) is 19.7 Å². The second kappa shape index (κ2) is 11.6. The van der Waals surface area contributed by atoms with Crippen LogP contribution in [0.4, 0.5) is 4.39 Å². The van der Waals surface area contributed by atoms with Crippen LogP contribution in [0, 0.1) is 5.82 Å². The first-order valence-corrected chi connectivity index (χ1v) is 15.5. The molecule has 0 saturated heterocycles. The van der Waals surface area contributed by atoms with Crippen molar-refractivity contribution >= 4 is 27.3 Å². The van der Waals surface area contributed by atoms with Gasteiger partial charge in [0.05, 0.1) is 37.2 Å². The van der Waals surface area contributed by atoms with Crippen LogP contribution >= 0.6 is 11.3 Å². The van der Waals surface area contributed by atoms with Gasteiger partial charge in [-0.1, -0.05) is 18.7 Å². The first-order valence-electron chi connectivity index (χ1n) is 14.6. The summed E-state index contributed by atoms with van der Waals surface area (Å²) in [4.78, 5) is 19.4. The lowest BCUT2D eigenvalue weighted by molar-refractivity contribution is -0.127. The molecule has 2 aliphatic rings. The average molecular weight is 611 g/mol. The molecule has 1 atom stereocenters. The van der Waals surface area contributed by atoms with E-state index in [0.29, 0.717) is 55.4 Å². The van der Waals surface area contributed by atoms with E-state index < -0.39 is 11.9 Å². The number of aryl methyl sites for hydroxylation is 1. The van der Waals surface area contributed by atoms with E-state index in [9.17, 15) is 14.3 Å². The van der Waals surface area contributed by atoms with Crippen molar-refractivity contribution in [2.75, 3.05) is 26.9 Å². The van der Waals surface area contributed by atoms with E-state index in [0.717, 1.165) is 50.1 Å². The van der Waals surface area contributed by atoms with Crippen LogP contribution in [0.15, 0.2) is 66.6 Å². The quantitative estimate of drug-likeness (QED) is 0.167. The number of hydrogen-bond acceptors (Lipinski definition) is 7. The topological polar surface area (TPSA) is 89.7 Å². The van der Waals surface area contributed by atoms with E-state index in [1.807, 2.05) is 28.3 Å². The highest BCUT2D eigenvalue weighted by Crippen LogP contribution is 2.46. The number of aliphatic hydroxyl groups is 1. The fourth-order valence-corrected chi connectivity index (χ4v) is 7.12. The Hall–Kier alpha value is -4.38. The number of nitrogens with zero attached hydrogens (tertiary/aromatic N) is 4. The smallest absolute Gasteiger partial charge is 0.246 e. The third kappa shape index (κ3) is 4.98. The molecule has 1 unspecified atom stereocenters. The maximum Gasteiger partial charge on any atom is 0.246 e. The molecule has 4 heterocycles. The first-order chi connectivity index (χ1) is 21.4. The minimum atomic E-state index is -0.492. The number of carbonyl (C=O) groups is 1. The van der Waals surface area contributed by atoms with E-state index in [1.165, 1.54) is 18.2 Å². The number of thiophene rings is 1. The zero-order valence-corrected chi connectivity index (χ0v) is 25.1. The Morgan fingerprint density at radius 2 is 2.05 bits per heavy atom. The summed E-state index contributed by atoms with van der Waals surface area (Å²) in [6.45, 7) is 5.73. The lowest BCUT2D eigenvalue weighted by Gasteiger charge is -2.26. The van der Waals surface area contributed by atoms with Crippen molar-refractivity contribution in [3.63, 3.8) is 0 Å². The highest BCUT2D eigenvalue weighted by atomic mass is 32.1. The number of aliphatic hydroxyl groups excluding tert-OH is 1. The zero-order valence-electron chi connectivity index (χ0n) is 24.3. The van der Waals surface area contributed by atoms with Gasteiger partial charge in [0.25, 0.3) is 0 Å². The molecular formula is C34H31FN4O4S. The van der Waals surface area contributed by atoms with E-state index in [4.69, 9.17) is 19.6 Å². The van der Waals surface area contributed by atoms with Gasteiger partial charge in [-0.2, -0.15) is 5.10 Å². The molecule has 0 radical (unpaired) electrons. The lowest BCUT2D eigenvalue weighted by atomic mass is 9.96. The Morgan fingerprint density at radius 3 is 2.89 bits per heavy atom. The highest BCUT2D eigenvalue weighted by Gasteiger charge is 2.28. The summed E-state index contributed by atoms with van der Waals surface area (Å²) in [6, 6.07) is 14.7. The molecule has 44 heavy (non-hydrogen) atoms. The van der Waals surface area contributed by atoms with Crippen molar-refractivity contribution < 1.29 is 23.8 Å². The Labute approximate surface area is 258 Å². The zero-order chi connectivity index (χ0) is 30.4. The Morgan fingerprint density at radius 1 is 1.16 bits per heavy atom. The fraction of sp³-hybridized carbons (Fsp3) is 0.265. The minimum Gasteiger partial charge on any atom is -0.490 e. The summed E-state index contributed by atoms with van der Waals surface area (Å²) >= 11 is 1.57. The Kier molecular flexibility index (Phi) is 7.49. The van der Waals surface area contributed by atoms with E-state index in [1.54, 1.807) is 29.4 Å². The Balaban J connectivity index is 1.45. The predicted molar refractivity (Wildman–Crippen MR) is 168 cm³/mol. The van der Waals surface area contributed by atoms with Crippen molar-refractivity contribution in [2.45, 2.75) is 32.0 Å². The summed E-state index contributed by atoms with van der Waals surface area (Å²) in [7, 11) is 1.59. The number of rotatable bonds is 8. The van der Waals surface area contributed by atoms with Gasteiger partial charge in [0.1, 0.15) is 29.6 Å². The predicted octanol–water partition coefficient (Wildman–Crippen LogP) is 6.17. The van der Waals surface area contributed by atoms with Gasteiger partial charge in [0, 0.05) is 46.5 Å². The van der Waals surface area contributed by atoms with Gasteiger partial charge in [0.2, 0.25) is 5.91 Å². The van der Waals surface area contributed by atoms with Crippen LogP contribution in [0.2, 0.25) is 0 Å². The Bertz CT molecular complexity index is 1920. The molecule has 1 aliphatic heterocycles. The molecular weight excluding hydrogens is 579 g/mol. The minimum absolute atomic E-state index is 0.122. The van der Waals surface area contributed by atoms with Crippen LogP contribution in [0.1, 0.15) is 29.3 Å². The third-order valence-corrected chi connectivity index (χ3v) is 9.29. The highest BCUT2D eigenvalue weighted by molar-refractivity contribution is 7.18. The molecule has 0 spiro atoms. The average Bonchev–Trinajstić information content (AvgIpc) is 3.78. The summed E-state index contributed by atoms with van der Waals surface area (Å²) in [6.07, 6.45) is 2.40. The van der Waals surface area contributed by atoms with Gasteiger partial charge in [-0.15, -0.1) is 11.3 Å². The maximum absolute atomic E-state index is 14.6. The molecule has 8 nitrogen and oxygen atoms in total. The van der Waals surface area contributed by atoms with Gasteiger partial charge >= 0.3 is 0 Å². The summed E-state index contributed by atoms with van der Waals surface area (Å²) in [5.74, 6) is -0.140. The number of ether oxygens (including phenoxy) is 2. The lowest BCUT2D eigenvalue weighted by Crippen LogP contribution is -2.37. The van der Waals surface area contributed by atoms with Crippen LogP contribution in [-0.4, -0.2) is 57.5 Å². The molecule has 2 aromatic carbocycles. The SMILES string of the molecule is C=CC(=O)N1CCn2nc(-c3nc(-c4ccc5c(c4)C(O)CC5)c4ccsc4c3-c3ccc(F)cc3OCCOC)cc2C1. The van der Waals surface area contributed by atoms with Crippen LogP contribution in [0.5, 0.6) is 5.75 Å². The van der Waals surface area contributed by atoms with Crippen LogP contribution in [0.25, 0.3) is 43.9 Å². The maximum atomic E-state index is 14.6. The second-order valence-electron chi connectivity index (χ2n) is 11.0. The van der Waals surface area contributed by atoms with Gasteiger partial charge in [-0.3, -0.25) is 9.48 Å². The summed E-state index contributed by atoms with van der Waals surface area (Å²) in [5, 5.41) is 18.6. The molecule has 224 valence electrons. The largest absolute Gasteiger partial charge is 0.490 e. The molecule has 1 aliphatic carbocycles. The molecule has 0 saturated carbocycles. The number of pyridine rings is 1. The molecule has 10 heteroatoms. The molecule has 0 bridgehead atoms. The van der Waals surface area contributed by atoms with E-state index >= 15 is 0 Å². The molecule has 3 aromatic heterocycles. The molecule has 1 amide bonds. The fourth-order valence-electron chi connectivity index (χ4n) is 6.16. The number of fused-ring (bicyclic) bond motifs is 3. The van der Waals surface area contributed by atoms with Crippen LogP contribution in [0.3, 0.4) is 0 Å². The van der Waals surface area contributed by atoms with Gasteiger partial charge < -0.3 is 19.5 Å². The molecule has 1 N–H and O–H groups in total. The second-order valence-corrected chi connectivity index (χ2v) is 11.9. The molecule has 5 aromatic rings. The van der Waals surface area contributed by atoms with Crippen molar-refractivity contribution in [2.24, 2.45) is 0 Å². The number of benzene rings is 2. The van der Waals surface area contributed by atoms with Gasteiger partial charge in [-0.05, 0) is 65.8 Å². The van der Waals surface area contributed by atoms with Gasteiger partial charge in [-0.25, -0.2) is 9.37 Å². The van der Waals surface area contributed by atoms with Crippen LogP contribution in [-0.2, 0) is 29.0 Å². The van der Waals surface area contributed by atoms with E-state index in [2.05, 4.69) is 18.7 Å². The number of amides is 1. The van der Waals surface area contributed by atoms with E-state index in [-0.39, 0.29) is 12.5 Å². The summed E-state index contributed by atoms with van der Waals surface area (Å²) < 4.78 is 28.7. The number of methoxy groups -OCH3 is 1. The monoisotopic (exact) mass is 610 g/mol. The van der Waals surface area contributed by atoms with Gasteiger partial charge in [0.15, 0.2) is 0 Å². The number of carbonyl (C=O) groups excluding carboxylic acids is 1. The van der Waals surface area contributed by atoms with Crippen LogP contribution < -0.4 is 4.74 Å². The number of hydrogen-bond donors (Lipinski definition) is 1. The number of halogens is 1. The number of aromatic nitrogens is 3. The third-order valence-electron chi connectivity index (χ3n) is 8.36. The molecule has 7 rings (SSSR count). The summed E-state index contributed by atoms with van der Waals surface area (Å²) in [5.41, 5.74) is 7.43. The normalized spacial score (nSPS) is 15.8. The van der Waals surface area contributed by atoms with Crippen molar-refractivity contribution in [3.05, 3.63) is 89.2 Å². The van der Waals surface area contributed by atoms with Crippen molar-refractivity contribution in [3.8, 4) is 39.5 Å².